The summed E-state index contributed by atoms with van der Waals surface area (Å²) in [6.07, 6.45) is 12.0. The van der Waals surface area contributed by atoms with Gasteiger partial charge in [0.2, 0.25) is 5.91 Å². The predicted octanol–water partition coefficient (Wildman–Crippen LogP) is 8.56. The van der Waals surface area contributed by atoms with Crippen LogP contribution in [0, 0.1) is 28.6 Å². The first-order chi connectivity index (χ1) is 27.1. The van der Waals surface area contributed by atoms with Gasteiger partial charge in [0.1, 0.15) is 12.1 Å². The van der Waals surface area contributed by atoms with Crippen molar-refractivity contribution in [3.05, 3.63) is 76.0 Å². The number of carbonyl (C=O) groups excluding carboxylic acids is 3. The molecule has 1 aromatic carbocycles. The molecule has 0 radical (unpaired) electrons. The molecule has 3 heterocycles. The van der Waals surface area contributed by atoms with Gasteiger partial charge in [-0.05, 0) is 126 Å². The number of rotatable bonds is 8. The quantitative estimate of drug-likeness (QED) is 0.106. The molecule has 6 aliphatic rings. The van der Waals surface area contributed by atoms with Crippen LogP contribution in [0.25, 0.3) is 16.5 Å². The van der Waals surface area contributed by atoms with Gasteiger partial charge in [0.05, 0.1) is 41.6 Å². The summed E-state index contributed by atoms with van der Waals surface area (Å²) in [4.78, 5) is 40.4. The molecule has 312 valence electrons. The zero-order valence-electron chi connectivity index (χ0n) is 36.5. The Kier molecular flexibility index (Phi) is 9.43. The van der Waals surface area contributed by atoms with Gasteiger partial charge in [-0.15, -0.1) is 0 Å². The number of nitrogens with one attached hydrogen (secondary N) is 1. The minimum absolute atomic E-state index is 0.0126. The molecule has 4 aliphatic carbocycles. The van der Waals surface area contributed by atoms with E-state index in [0.29, 0.717) is 29.9 Å². The molecule has 0 bridgehead atoms. The summed E-state index contributed by atoms with van der Waals surface area (Å²) in [7, 11) is 1.33. The maximum Gasteiger partial charge on any atom is 0.328 e. The molecule has 0 saturated heterocycles. The van der Waals surface area contributed by atoms with Gasteiger partial charge < -0.3 is 29.6 Å². The molecule has 1 aromatic heterocycles. The Morgan fingerprint density at radius 3 is 2.47 bits per heavy atom. The Bertz CT molecular complexity index is 2250. The van der Waals surface area contributed by atoms with Crippen LogP contribution in [0.2, 0.25) is 0 Å². The fraction of sp³-hybridized carbons (Fsp3) is 0.612. The lowest BCUT2D eigenvalue weighted by Crippen LogP contribution is -2.62. The fourth-order valence-electron chi connectivity index (χ4n) is 13.5. The number of aliphatic hydroxyl groups excluding tert-OH is 2. The summed E-state index contributed by atoms with van der Waals surface area (Å²) in [5.74, 6) is -0.602. The topological polar surface area (TPSA) is 127 Å². The van der Waals surface area contributed by atoms with Crippen LogP contribution < -0.4 is 5.32 Å². The molecule has 9 heteroatoms. The van der Waals surface area contributed by atoms with Crippen molar-refractivity contribution in [2.45, 2.75) is 155 Å². The van der Waals surface area contributed by atoms with Crippen molar-refractivity contribution < 1.29 is 34.1 Å². The minimum Gasteiger partial charge on any atom is -0.467 e. The SMILES string of the molecule is C=C(C)C1C(=O)c2c3c(cc4c5c(n1c24)C1(C)C(CCC2C(C)(/C=C/C=C(\C)C(=O)NC(CCC)C(=O)OC)C(O)CCC21C)C5)C1=CC(C)(C)OC(C)(C)C1C3O. The number of nitrogens with zero attached hydrogens (tertiary/aromatic N) is 1. The third-order valence-electron chi connectivity index (χ3n) is 16.1. The predicted molar refractivity (Wildman–Crippen MR) is 226 cm³/mol. The van der Waals surface area contributed by atoms with Gasteiger partial charge in [-0.3, -0.25) is 9.59 Å². The molecular formula is C49H64N2O7. The van der Waals surface area contributed by atoms with Crippen molar-refractivity contribution in [1.29, 1.82) is 0 Å². The Labute approximate surface area is 344 Å². The second-order valence-electron chi connectivity index (χ2n) is 20.4. The van der Waals surface area contributed by atoms with Crippen LogP contribution >= 0.6 is 0 Å². The average Bonchev–Trinajstić information content (AvgIpc) is 3.81. The van der Waals surface area contributed by atoms with E-state index < -0.39 is 46.9 Å². The van der Waals surface area contributed by atoms with E-state index in [9.17, 15) is 24.6 Å². The normalized spacial score (nSPS) is 35.8. The molecule has 1 amide bonds. The lowest BCUT2D eigenvalue weighted by molar-refractivity contribution is -0.145. The van der Waals surface area contributed by atoms with Crippen LogP contribution in [0.15, 0.2) is 48.1 Å². The molecule has 3 N–H and O–H groups in total. The van der Waals surface area contributed by atoms with Gasteiger partial charge in [0, 0.05) is 39.0 Å². The highest BCUT2D eigenvalue weighted by molar-refractivity contribution is 6.18. The van der Waals surface area contributed by atoms with Gasteiger partial charge in [0.15, 0.2) is 5.78 Å². The molecule has 2 aliphatic heterocycles. The van der Waals surface area contributed by atoms with E-state index in [1.54, 1.807) is 13.0 Å². The van der Waals surface area contributed by atoms with E-state index in [1.807, 2.05) is 33.8 Å². The average molecular weight is 793 g/mol. The summed E-state index contributed by atoms with van der Waals surface area (Å²) in [6, 6.07) is 1.03. The van der Waals surface area contributed by atoms with Crippen molar-refractivity contribution in [2.75, 3.05) is 7.11 Å². The molecule has 10 atom stereocenters. The van der Waals surface area contributed by atoms with Gasteiger partial charge in [0.25, 0.3) is 0 Å². The fourth-order valence-corrected chi connectivity index (χ4v) is 13.5. The summed E-state index contributed by atoms with van der Waals surface area (Å²) < 4.78 is 13.8. The van der Waals surface area contributed by atoms with Crippen molar-refractivity contribution in [1.82, 2.24) is 9.88 Å². The number of aromatic nitrogens is 1. The van der Waals surface area contributed by atoms with Crippen LogP contribution in [0.1, 0.15) is 153 Å². The number of amides is 1. The van der Waals surface area contributed by atoms with Crippen LogP contribution in [0.5, 0.6) is 0 Å². The highest BCUT2D eigenvalue weighted by atomic mass is 16.5. The first kappa shape index (κ1) is 41.0. The third kappa shape index (κ3) is 5.40. The number of esters is 1. The summed E-state index contributed by atoms with van der Waals surface area (Å²) in [5, 5.41) is 28.1. The van der Waals surface area contributed by atoms with Crippen LogP contribution in [0.4, 0.5) is 0 Å². The second kappa shape index (κ2) is 13.4. The van der Waals surface area contributed by atoms with E-state index in [1.165, 1.54) is 18.4 Å². The maximum atomic E-state index is 15.0. The van der Waals surface area contributed by atoms with Crippen LogP contribution in [-0.4, -0.2) is 62.9 Å². The summed E-state index contributed by atoms with van der Waals surface area (Å²) in [5.41, 5.74) is 5.85. The van der Waals surface area contributed by atoms with E-state index >= 15 is 0 Å². The Balaban J connectivity index is 1.23. The Hall–Kier alpha value is -3.79. The smallest absolute Gasteiger partial charge is 0.328 e. The lowest BCUT2D eigenvalue weighted by Gasteiger charge is -2.64. The number of allylic oxidation sites excluding steroid dienone is 3. The minimum atomic E-state index is -0.876. The number of hydrogen-bond acceptors (Lipinski definition) is 7. The van der Waals surface area contributed by atoms with Gasteiger partial charge in [-0.2, -0.15) is 0 Å². The first-order valence-corrected chi connectivity index (χ1v) is 21.6. The standard InChI is InChI=1S/C49H64N2O7/c1-13-15-32(44(56)57-12)50-43(55)26(4)16-14-20-47(9)33-18-17-27-22-30-29-23-28-31-24-45(5,6)58-46(7,8)37(31)40(53)35(28)36-39(29)51(38(25(2)3)41(36)54)42(30)49(27,11)48(33,10)21-19-34(47)52/h14,16,20,23-24,27,32-34,37-38,40,52-53H,2,13,15,17-19,21-22H2,1,3-12H3,(H,50,55)/b20-14+,26-16+. The van der Waals surface area contributed by atoms with Gasteiger partial charge >= 0.3 is 5.97 Å². The zero-order chi connectivity index (χ0) is 42.2. The molecule has 10 unspecified atom stereocenters. The highest BCUT2D eigenvalue weighted by Gasteiger charge is 2.68. The number of ketones is 1. The summed E-state index contributed by atoms with van der Waals surface area (Å²) >= 11 is 0. The number of fused-ring (bicyclic) bond motifs is 11. The molecular weight excluding hydrogens is 729 g/mol. The first-order valence-electron chi connectivity index (χ1n) is 21.6. The summed E-state index contributed by atoms with van der Waals surface area (Å²) in [6.45, 7) is 25.3. The van der Waals surface area contributed by atoms with Gasteiger partial charge in [-0.25, -0.2) is 4.79 Å². The molecule has 8 rings (SSSR count). The van der Waals surface area contributed by atoms with Gasteiger partial charge in [-0.1, -0.05) is 64.5 Å². The monoisotopic (exact) mass is 792 g/mol. The molecule has 58 heavy (non-hydrogen) atoms. The number of ether oxygens (including phenoxy) is 2. The van der Waals surface area contributed by atoms with Crippen LogP contribution in [-0.2, 0) is 30.9 Å². The van der Waals surface area contributed by atoms with E-state index in [4.69, 9.17) is 9.47 Å². The Morgan fingerprint density at radius 1 is 1.10 bits per heavy atom. The molecule has 2 fully saturated rings. The van der Waals surface area contributed by atoms with Crippen molar-refractivity contribution >= 4 is 34.1 Å². The highest BCUT2D eigenvalue weighted by Crippen LogP contribution is 2.71. The second-order valence-corrected chi connectivity index (χ2v) is 20.4. The zero-order valence-corrected chi connectivity index (χ0v) is 36.5. The number of hydrogen-bond donors (Lipinski definition) is 3. The number of Topliss-reactive ketones (excluding diaryl/α,β-unsaturated/α-hetero) is 1. The maximum absolute atomic E-state index is 15.0. The number of aliphatic hydroxyl groups is 2. The Morgan fingerprint density at radius 2 is 1.81 bits per heavy atom. The molecule has 2 aromatic rings. The number of methoxy groups -OCH3 is 1. The molecule has 9 nitrogen and oxygen atoms in total. The van der Waals surface area contributed by atoms with E-state index in [2.05, 4.69) is 69.3 Å². The number of benzene rings is 1. The van der Waals surface area contributed by atoms with E-state index in [-0.39, 0.29) is 34.4 Å². The number of carbonyl (C=O) groups is 3. The molecule has 0 spiro atoms. The van der Waals surface area contributed by atoms with Crippen molar-refractivity contribution in [3.63, 3.8) is 0 Å². The van der Waals surface area contributed by atoms with Crippen LogP contribution in [0.3, 0.4) is 0 Å². The van der Waals surface area contributed by atoms with E-state index in [0.717, 1.165) is 65.3 Å². The lowest BCUT2D eigenvalue weighted by atomic mass is 9.40. The van der Waals surface area contributed by atoms with Crippen molar-refractivity contribution in [3.8, 4) is 0 Å². The largest absolute Gasteiger partial charge is 0.467 e. The molecule has 2 saturated carbocycles. The third-order valence-corrected chi connectivity index (χ3v) is 16.1. The van der Waals surface area contributed by atoms with Crippen molar-refractivity contribution in [2.24, 2.45) is 28.6 Å².